The largest absolute Gasteiger partial charge is 0.396 e. The second-order valence-electron chi connectivity index (χ2n) is 2.66. The third kappa shape index (κ3) is 3.69. The molecule has 1 rings (SSSR count). The Bertz CT molecular complexity index is 412. The first-order valence-corrected chi connectivity index (χ1v) is 7.50. The quantitative estimate of drug-likeness (QED) is 0.807. The normalized spacial score (nSPS) is 11.9. The zero-order chi connectivity index (χ0) is 11.5. The number of hydrogen-bond donors (Lipinski definition) is 2. The Balaban J connectivity index is 2.77. The van der Waals surface area contributed by atoms with Gasteiger partial charge < -0.3 is 5.11 Å². The Kier molecular flexibility index (Phi) is 5.01. The van der Waals surface area contributed by atoms with Gasteiger partial charge in [-0.2, -0.15) is 0 Å². The zero-order valence-corrected chi connectivity index (χ0v) is 11.5. The van der Waals surface area contributed by atoms with Crippen LogP contribution in [0.25, 0.3) is 0 Å². The molecule has 0 saturated carbocycles. The van der Waals surface area contributed by atoms with E-state index in [4.69, 9.17) is 16.7 Å². The van der Waals surface area contributed by atoms with E-state index in [1.54, 1.807) is 0 Å². The van der Waals surface area contributed by atoms with Crippen LogP contribution in [0.15, 0.2) is 14.1 Å². The van der Waals surface area contributed by atoms with Crippen LogP contribution in [0, 0.1) is 0 Å². The summed E-state index contributed by atoms with van der Waals surface area (Å²) in [7, 11) is -3.49. The van der Waals surface area contributed by atoms with Crippen molar-refractivity contribution in [3.63, 3.8) is 0 Å². The molecule has 0 radical (unpaired) electrons. The van der Waals surface area contributed by atoms with E-state index in [9.17, 15) is 8.42 Å². The first-order chi connectivity index (χ1) is 6.97. The van der Waals surface area contributed by atoms with Gasteiger partial charge in [0.25, 0.3) is 0 Å². The van der Waals surface area contributed by atoms with E-state index in [0.29, 0.717) is 15.2 Å². The van der Waals surface area contributed by atoms with Crippen molar-refractivity contribution in [2.24, 2.45) is 0 Å². The molecule has 4 nitrogen and oxygen atoms in total. The summed E-state index contributed by atoms with van der Waals surface area (Å²) in [6.45, 7) is 0.170. The molecule has 1 aromatic rings. The average Bonchev–Trinajstić information content (AvgIpc) is 2.48. The van der Waals surface area contributed by atoms with E-state index in [0.717, 1.165) is 11.3 Å². The second-order valence-corrected chi connectivity index (χ2v) is 7.43. The number of thiophene rings is 1. The SMILES string of the molecule is O=S(=O)(NCCCO)c1cc(Cl)c(Br)s1. The highest BCUT2D eigenvalue weighted by Crippen LogP contribution is 2.34. The summed E-state index contributed by atoms with van der Waals surface area (Å²) in [5.41, 5.74) is 0. The van der Waals surface area contributed by atoms with Gasteiger partial charge in [0.15, 0.2) is 0 Å². The summed E-state index contributed by atoms with van der Waals surface area (Å²) in [5, 5.41) is 8.90. The lowest BCUT2D eigenvalue weighted by atomic mass is 10.5. The molecule has 0 aliphatic rings. The third-order valence-electron chi connectivity index (χ3n) is 1.51. The van der Waals surface area contributed by atoms with Crippen molar-refractivity contribution in [2.75, 3.05) is 13.2 Å². The Hall–Kier alpha value is 0.340. The van der Waals surface area contributed by atoms with Crippen LogP contribution in [0.5, 0.6) is 0 Å². The monoisotopic (exact) mass is 333 g/mol. The fourth-order valence-corrected chi connectivity index (χ4v) is 4.33. The summed E-state index contributed by atoms with van der Waals surface area (Å²) >= 11 is 9.92. The van der Waals surface area contributed by atoms with Gasteiger partial charge in [-0.25, -0.2) is 13.1 Å². The molecular formula is C7H9BrClNO3S2. The number of sulfonamides is 1. The number of rotatable bonds is 5. The van der Waals surface area contributed by atoms with Crippen molar-refractivity contribution in [2.45, 2.75) is 10.6 Å². The van der Waals surface area contributed by atoms with E-state index in [1.807, 2.05) is 0 Å². The lowest BCUT2D eigenvalue weighted by molar-refractivity contribution is 0.289. The van der Waals surface area contributed by atoms with Gasteiger partial charge in [0, 0.05) is 13.2 Å². The molecule has 86 valence electrons. The van der Waals surface area contributed by atoms with E-state index < -0.39 is 10.0 Å². The number of aliphatic hydroxyl groups excluding tert-OH is 1. The highest BCUT2D eigenvalue weighted by atomic mass is 79.9. The van der Waals surface area contributed by atoms with Crippen molar-refractivity contribution in [1.29, 1.82) is 0 Å². The molecule has 0 aliphatic carbocycles. The van der Waals surface area contributed by atoms with Crippen LogP contribution >= 0.6 is 38.9 Å². The smallest absolute Gasteiger partial charge is 0.250 e. The maximum atomic E-state index is 11.6. The first kappa shape index (κ1) is 13.4. The highest BCUT2D eigenvalue weighted by molar-refractivity contribution is 9.11. The Morgan fingerprint density at radius 3 is 2.73 bits per heavy atom. The summed E-state index contributed by atoms with van der Waals surface area (Å²) in [6, 6.07) is 1.39. The zero-order valence-electron chi connectivity index (χ0n) is 7.53. The van der Waals surface area contributed by atoms with Gasteiger partial charge >= 0.3 is 0 Å². The predicted molar refractivity (Wildman–Crippen MR) is 63.9 cm³/mol. The fourth-order valence-electron chi connectivity index (χ4n) is 0.816. The van der Waals surface area contributed by atoms with Gasteiger partial charge in [0.1, 0.15) is 4.21 Å². The summed E-state index contributed by atoms with van der Waals surface area (Å²) in [6.07, 6.45) is 0.388. The average molecular weight is 335 g/mol. The van der Waals surface area contributed by atoms with Crippen LogP contribution in [-0.4, -0.2) is 26.7 Å². The van der Waals surface area contributed by atoms with E-state index in [2.05, 4.69) is 20.7 Å². The van der Waals surface area contributed by atoms with Crippen LogP contribution < -0.4 is 4.72 Å². The van der Waals surface area contributed by atoms with Gasteiger partial charge in [-0.1, -0.05) is 11.6 Å². The maximum Gasteiger partial charge on any atom is 0.250 e. The molecule has 15 heavy (non-hydrogen) atoms. The Morgan fingerprint density at radius 2 is 2.27 bits per heavy atom. The van der Waals surface area contributed by atoms with Crippen molar-refractivity contribution >= 4 is 48.9 Å². The summed E-state index contributed by atoms with van der Waals surface area (Å²) < 4.78 is 26.3. The lowest BCUT2D eigenvalue weighted by Gasteiger charge is -2.02. The molecule has 2 N–H and O–H groups in total. The van der Waals surface area contributed by atoms with Gasteiger partial charge in [0.2, 0.25) is 10.0 Å². The Labute approximate surface area is 105 Å². The van der Waals surface area contributed by atoms with Crippen LogP contribution in [0.3, 0.4) is 0 Å². The van der Waals surface area contributed by atoms with E-state index in [-0.39, 0.29) is 17.4 Å². The number of aliphatic hydroxyl groups is 1. The predicted octanol–water partition coefficient (Wildman–Crippen LogP) is 1.82. The van der Waals surface area contributed by atoms with Crippen molar-refractivity contribution < 1.29 is 13.5 Å². The molecule has 1 heterocycles. The topological polar surface area (TPSA) is 66.4 Å². The van der Waals surface area contributed by atoms with Gasteiger partial charge in [-0.05, 0) is 28.4 Å². The van der Waals surface area contributed by atoms with Crippen LogP contribution in [-0.2, 0) is 10.0 Å². The first-order valence-electron chi connectivity index (χ1n) is 4.02. The number of halogens is 2. The molecule has 0 amide bonds. The highest BCUT2D eigenvalue weighted by Gasteiger charge is 2.18. The van der Waals surface area contributed by atoms with E-state index >= 15 is 0 Å². The number of nitrogens with one attached hydrogen (secondary N) is 1. The molecule has 8 heteroatoms. The molecule has 0 bridgehead atoms. The maximum absolute atomic E-state index is 11.6. The lowest BCUT2D eigenvalue weighted by Crippen LogP contribution is -2.24. The minimum absolute atomic E-state index is 0.0442. The Morgan fingerprint density at radius 1 is 1.60 bits per heavy atom. The molecule has 0 unspecified atom stereocenters. The van der Waals surface area contributed by atoms with E-state index in [1.165, 1.54) is 6.07 Å². The molecular weight excluding hydrogens is 326 g/mol. The van der Waals surface area contributed by atoms with Gasteiger partial charge in [-0.15, -0.1) is 11.3 Å². The van der Waals surface area contributed by atoms with Crippen molar-refractivity contribution in [3.05, 3.63) is 14.9 Å². The summed E-state index contributed by atoms with van der Waals surface area (Å²) in [4.78, 5) is 0. The molecule has 0 spiro atoms. The van der Waals surface area contributed by atoms with Crippen LogP contribution in [0.1, 0.15) is 6.42 Å². The van der Waals surface area contributed by atoms with Crippen molar-refractivity contribution in [1.82, 2.24) is 4.72 Å². The molecule has 0 fully saturated rings. The molecule has 0 aliphatic heterocycles. The second kappa shape index (κ2) is 5.60. The molecule has 0 saturated heterocycles. The minimum Gasteiger partial charge on any atom is -0.396 e. The van der Waals surface area contributed by atoms with Crippen LogP contribution in [0.4, 0.5) is 0 Å². The summed E-state index contributed by atoms with van der Waals surface area (Å²) in [5.74, 6) is 0. The third-order valence-corrected chi connectivity index (χ3v) is 5.92. The molecule has 0 aromatic carbocycles. The van der Waals surface area contributed by atoms with Gasteiger partial charge in [0.05, 0.1) is 8.81 Å². The number of hydrogen-bond acceptors (Lipinski definition) is 4. The molecule has 1 aromatic heterocycles. The molecule has 0 atom stereocenters. The fraction of sp³-hybridized carbons (Fsp3) is 0.429. The minimum atomic E-state index is -3.49. The van der Waals surface area contributed by atoms with Gasteiger partial charge in [-0.3, -0.25) is 0 Å². The van der Waals surface area contributed by atoms with Crippen molar-refractivity contribution in [3.8, 4) is 0 Å². The van der Waals surface area contributed by atoms with Crippen LogP contribution in [0.2, 0.25) is 5.02 Å². The standard InChI is InChI=1S/C7H9BrClNO3S2/c8-7-5(9)4-6(14-7)15(12,13)10-2-1-3-11/h4,10-11H,1-3H2.